The number of alkyl halides is 1. The van der Waals surface area contributed by atoms with Crippen LogP contribution in [-0.4, -0.2) is 15.7 Å². The summed E-state index contributed by atoms with van der Waals surface area (Å²) in [6.45, 7) is 4.26. The Morgan fingerprint density at radius 1 is 1.38 bits per heavy atom. The van der Waals surface area contributed by atoms with Crippen LogP contribution in [0.5, 0.6) is 5.75 Å². The van der Waals surface area contributed by atoms with E-state index in [2.05, 4.69) is 29.8 Å². The number of phenols is 1. The van der Waals surface area contributed by atoms with Gasteiger partial charge in [-0.05, 0) is 36.6 Å². The fourth-order valence-corrected chi connectivity index (χ4v) is 2.34. The number of carbonyl (C=O) groups excluding carboxylic acids is 1. The van der Waals surface area contributed by atoms with Crippen LogP contribution in [-0.2, 0) is 0 Å². The molecule has 0 saturated heterocycles. The average Bonchev–Trinajstić information content (AvgIpc) is 2.28. The van der Waals surface area contributed by atoms with Gasteiger partial charge in [0.15, 0.2) is 5.78 Å². The molecule has 0 aliphatic heterocycles. The zero-order chi connectivity index (χ0) is 12.1. The van der Waals surface area contributed by atoms with Crippen LogP contribution in [0.1, 0.15) is 37.0 Å². The van der Waals surface area contributed by atoms with Crippen LogP contribution in [0.25, 0.3) is 0 Å². The second-order valence-electron chi connectivity index (χ2n) is 4.13. The lowest BCUT2D eigenvalue weighted by atomic mass is 9.98. The second kappa shape index (κ2) is 6.04. The maximum Gasteiger partial charge on any atom is 0.176 e. The summed E-state index contributed by atoms with van der Waals surface area (Å²) >= 11 is 3.43. The predicted molar refractivity (Wildman–Crippen MR) is 69.2 cm³/mol. The van der Waals surface area contributed by atoms with E-state index in [0.29, 0.717) is 11.5 Å². The molecule has 0 aliphatic rings. The van der Waals surface area contributed by atoms with Crippen LogP contribution < -0.4 is 0 Å². The first-order valence-corrected chi connectivity index (χ1v) is 6.43. The number of aromatic hydroxyl groups is 1. The highest BCUT2D eigenvalue weighted by Crippen LogP contribution is 2.21. The lowest BCUT2D eigenvalue weighted by molar-refractivity contribution is 0.0983. The van der Waals surface area contributed by atoms with Gasteiger partial charge in [-0.25, -0.2) is 0 Å². The van der Waals surface area contributed by atoms with E-state index >= 15 is 0 Å². The van der Waals surface area contributed by atoms with Crippen molar-refractivity contribution in [1.29, 1.82) is 0 Å². The first-order valence-electron chi connectivity index (χ1n) is 5.52. The van der Waals surface area contributed by atoms with Gasteiger partial charge in [0.25, 0.3) is 0 Å². The lowest BCUT2D eigenvalue weighted by Crippen LogP contribution is -2.17. The van der Waals surface area contributed by atoms with Crippen LogP contribution in [0, 0.1) is 5.92 Å². The van der Waals surface area contributed by atoms with Crippen molar-refractivity contribution < 1.29 is 9.90 Å². The minimum Gasteiger partial charge on any atom is -0.508 e. The Morgan fingerprint density at radius 2 is 1.94 bits per heavy atom. The average molecular weight is 285 g/mol. The standard InChI is InChI=1S/C13H17BrO2/c1-3-9(2)8-12(14)13(16)10-4-6-11(15)7-5-10/h4-7,9,12,15H,3,8H2,1-2H3. The van der Waals surface area contributed by atoms with Crippen LogP contribution in [0.2, 0.25) is 0 Å². The summed E-state index contributed by atoms with van der Waals surface area (Å²) in [4.78, 5) is 11.8. The van der Waals surface area contributed by atoms with E-state index in [1.807, 2.05) is 0 Å². The van der Waals surface area contributed by atoms with Crippen LogP contribution in [0.3, 0.4) is 0 Å². The molecule has 0 fully saturated rings. The highest BCUT2D eigenvalue weighted by molar-refractivity contribution is 9.10. The Kier molecular flexibility index (Phi) is 5.00. The number of benzene rings is 1. The van der Waals surface area contributed by atoms with E-state index in [-0.39, 0.29) is 16.4 Å². The third kappa shape index (κ3) is 3.63. The molecular weight excluding hydrogens is 268 g/mol. The molecule has 16 heavy (non-hydrogen) atoms. The maximum absolute atomic E-state index is 12.0. The van der Waals surface area contributed by atoms with Gasteiger partial charge in [0.05, 0.1) is 4.83 Å². The molecule has 2 atom stereocenters. The van der Waals surface area contributed by atoms with Gasteiger partial charge in [-0.1, -0.05) is 36.2 Å². The molecule has 1 N–H and O–H groups in total. The van der Waals surface area contributed by atoms with Gasteiger partial charge in [0, 0.05) is 5.56 Å². The zero-order valence-corrected chi connectivity index (χ0v) is 11.2. The third-order valence-electron chi connectivity index (χ3n) is 2.74. The molecular formula is C13H17BrO2. The SMILES string of the molecule is CCC(C)CC(Br)C(=O)c1ccc(O)cc1. The summed E-state index contributed by atoms with van der Waals surface area (Å²) in [5.74, 6) is 0.801. The monoisotopic (exact) mass is 284 g/mol. The smallest absolute Gasteiger partial charge is 0.176 e. The fraction of sp³-hybridized carbons (Fsp3) is 0.462. The van der Waals surface area contributed by atoms with Crippen LogP contribution in [0.4, 0.5) is 0 Å². The summed E-state index contributed by atoms with van der Waals surface area (Å²) in [6, 6.07) is 6.39. The summed E-state index contributed by atoms with van der Waals surface area (Å²) in [7, 11) is 0. The Balaban J connectivity index is 2.67. The van der Waals surface area contributed by atoms with E-state index in [0.717, 1.165) is 12.8 Å². The van der Waals surface area contributed by atoms with Crippen molar-refractivity contribution >= 4 is 21.7 Å². The van der Waals surface area contributed by atoms with Crippen molar-refractivity contribution in [3.8, 4) is 5.75 Å². The maximum atomic E-state index is 12.0. The normalized spacial score (nSPS) is 14.4. The van der Waals surface area contributed by atoms with E-state index < -0.39 is 0 Å². The molecule has 3 heteroatoms. The highest BCUT2D eigenvalue weighted by atomic mass is 79.9. The molecule has 2 unspecified atom stereocenters. The lowest BCUT2D eigenvalue weighted by Gasteiger charge is -2.13. The number of carbonyl (C=O) groups is 1. The molecule has 0 aromatic heterocycles. The molecule has 0 saturated carbocycles. The predicted octanol–water partition coefficient (Wildman–Crippen LogP) is 3.77. The molecule has 0 heterocycles. The van der Waals surface area contributed by atoms with E-state index in [9.17, 15) is 4.79 Å². The van der Waals surface area contributed by atoms with Gasteiger partial charge in [-0.15, -0.1) is 0 Å². The van der Waals surface area contributed by atoms with Gasteiger partial charge in [0.1, 0.15) is 5.75 Å². The molecule has 0 radical (unpaired) electrons. The van der Waals surface area contributed by atoms with Gasteiger partial charge in [0.2, 0.25) is 0 Å². The number of phenolic OH excluding ortho intramolecular Hbond substituents is 1. The quantitative estimate of drug-likeness (QED) is 0.660. The first-order chi connectivity index (χ1) is 7.54. The second-order valence-corrected chi connectivity index (χ2v) is 5.23. The van der Waals surface area contributed by atoms with Gasteiger partial charge in [-0.3, -0.25) is 4.79 Å². The number of hydrogen-bond donors (Lipinski definition) is 1. The number of rotatable bonds is 5. The minimum atomic E-state index is -0.132. The highest BCUT2D eigenvalue weighted by Gasteiger charge is 2.18. The summed E-state index contributed by atoms with van der Waals surface area (Å²) < 4.78 is 0. The van der Waals surface area contributed by atoms with E-state index in [1.54, 1.807) is 12.1 Å². The van der Waals surface area contributed by atoms with Crippen molar-refractivity contribution in [3.63, 3.8) is 0 Å². The Hall–Kier alpha value is -0.830. The zero-order valence-electron chi connectivity index (χ0n) is 9.61. The molecule has 1 aromatic carbocycles. The van der Waals surface area contributed by atoms with Gasteiger partial charge in [-0.2, -0.15) is 0 Å². The van der Waals surface area contributed by atoms with Crippen molar-refractivity contribution in [3.05, 3.63) is 29.8 Å². The molecule has 88 valence electrons. The minimum absolute atomic E-state index is 0.0836. The van der Waals surface area contributed by atoms with Crippen molar-refractivity contribution in [2.24, 2.45) is 5.92 Å². The third-order valence-corrected chi connectivity index (χ3v) is 3.53. The first kappa shape index (κ1) is 13.2. The molecule has 1 rings (SSSR count). The van der Waals surface area contributed by atoms with Crippen molar-refractivity contribution in [2.75, 3.05) is 0 Å². The molecule has 0 amide bonds. The molecule has 0 aliphatic carbocycles. The fourth-order valence-electron chi connectivity index (χ4n) is 1.43. The Bertz CT molecular complexity index is 345. The Morgan fingerprint density at radius 3 is 2.44 bits per heavy atom. The van der Waals surface area contributed by atoms with Crippen molar-refractivity contribution in [2.45, 2.75) is 31.5 Å². The van der Waals surface area contributed by atoms with Gasteiger partial charge >= 0.3 is 0 Å². The summed E-state index contributed by atoms with van der Waals surface area (Å²) in [5.41, 5.74) is 0.642. The molecule has 0 bridgehead atoms. The number of hydrogen-bond acceptors (Lipinski definition) is 2. The Labute approximate surface area is 105 Å². The molecule has 2 nitrogen and oxygen atoms in total. The van der Waals surface area contributed by atoms with Crippen molar-refractivity contribution in [1.82, 2.24) is 0 Å². The van der Waals surface area contributed by atoms with Crippen LogP contribution >= 0.6 is 15.9 Å². The van der Waals surface area contributed by atoms with Gasteiger partial charge < -0.3 is 5.11 Å². The topological polar surface area (TPSA) is 37.3 Å². The summed E-state index contributed by atoms with van der Waals surface area (Å²) in [6.07, 6.45) is 1.92. The number of Topliss-reactive ketones (excluding diaryl/α,β-unsaturated/α-hetero) is 1. The number of halogens is 1. The van der Waals surface area contributed by atoms with E-state index in [4.69, 9.17) is 5.11 Å². The molecule has 0 spiro atoms. The number of ketones is 1. The van der Waals surface area contributed by atoms with Crippen LogP contribution in [0.15, 0.2) is 24.3 Å². The van der Waals surface area contributed by atoms with E-state index in [1.165, 1.54) is 12.1 Å². The molecule has 1 aromatic rings. The largest absolute Gasteiger partial charge is 0.508 e. The summed E-state index contributed by atoms with van der Waals surface area (Å²) in [5, 5.41) is 9.14.